The summed E-state index contributed by atoms with van der Waals surface area (Å²) in [6.07, 6.45) is 3.37. The first-order valence-corrected chi connectivity index (χ1v) is 10.0. The summed E-state index contributed by atoms with van der Waals surface area (Å²) >= 11 is 0. The van der Waals surface area contributed by atoms with Gasteiger partial charge in [0.25, 0.3) is 10.2 Å². The quantitative estimate of drug-likeness (QED) is 0.734. The Balaban J connectivity index is 1.73. The average molecular weight is 345 g/mol. The Morgan fingerprint density at radius 1 is 1.09 bits per heavy atom. The normalized spacial score (nSPS) is 31.2. The lowest BCUT2D eigenvalue weighted by Gasteiger charge is -2.39. The Morgan fingerprint density at radius 3 is 2.52 bits per heavy atom. The summed E-state index contributed by atoms with van der Waals surface area (Å²) in [6, 6.07) is 0. The lowest BCUT2D eigenvalue weighted by atomic mass is 9.78. The van der Waals surface area contributed by atoms with Gasteiger partial charge >= 0.3 is 0 Å². The van der Waals surface area contributed by atoms with Gasteiger partial charge in [-0.25, -0.2) is 0 Å². The van der Waals surface area contributed by atoms with Crippen molar-refractivity contribution in [2.45, 2.75) is 32.6 Å². The Kier molecular flexibility index (Phi) is 4.96. The maximum atomic E-state index is 12.9. The molecule has 0 saturated carbocycles. The van der Waals surface area contributed by atoms with Gasteiger partial charge in [0.2, 0.25) is 5.91 Å². The van der Waals surface area contributed by atoms with Crippen molar-refractivity contribution < 1.29 is 17.9 Å². The summed E-state index contributed by atoms with van der Waals surface area (Å²) in [5, 5.41) is 0. The van der Waals surface area contributed by atoms with Crippen LogP contribution in [-0.2, 0) is 19.7 Å². The van der Waals surface area contributed by atoms with Crippen LogP contribution in [0.5, 0.6) is 0 Å². The lowest BCUT2D eigenvalue weighted by Crippen LogP contribution is -2.52. The van der Waals surface area contributed by atoms with Crippen LogP contribution in [0, 0.1) is 5.41 Å². The minimum Gasteiger partial charge on any atom is -0.379 e. The molecule has 3 rings (SSSR count). The number of amides is 1. The van der Waals surface area contributed by atoms with E-state index in [4.69, 9.17) is 4.74 Å². The van der Waals surface area contributed by atoms with E-state index >= 15 is 0 Å². The number of likely N-dealkylation sites (tertiary alicyclic amines) is 1. The van der Waals surface area contributed by atoms with Gasteiger partial charge in [0.15, 0.2) is 0 Å². The number of rotatable bonds is 4. The maximum Gasteiger partial charge on any atom is 0.282 e. The molecule has 0 N–H and O–H groups in total. The van der Waals surface area contributed by atoms with Gasteiger partial charge in [0.1, 0.15) is 0 Å². The first-order valence-electron chi connectivity index (χ1n) is 8.62. The Hall–Kier alpha value is -0.700. The SMILES string of the molecule is CCCN1CCCC2(CCN(S(=O)(=O)N3CCOCC3)C2)C1=O. The number of carbonyl (C=O) groups is 1. The van der Waals surface area contributed by atoms with E-state index in [-0.39, 0.29) is 5.91 Å². The average Bonchev–Trinajstić information content (AvgIpc) is 2.99. The maximum absolute atomic E-state index is 12.9. The third kappa shape index (κ3) is 3.14. The molecule has 1 unspecified atom stereocenters. The third-order valence-electron chi connectivity index (χ3n) is 5.26. The molecule has 0 bridgehead atoms. The van der Waals surface area contributed by atoms with Crippen molar-refractivity contribution in [1.29, 1.82) is 0 Å². The standard InChI is InChI=1S/C15H27N3O4S/c1-2-6-16-7-3-4-15(14(16)19)5-8-18(13-15)23(20,21)17-9-11-22-12-10-17/h2-13H2,1H3. The molecule has 3 fully saturated rings. The molecule has 0 aromatic rings. The number of morpholine rings is 1. The highest BCUT2D eigenvalue weighted by Gasteiger charge is 2.51. The molecule has 0 aliphatic carbocycles. The van der Waals surface area contributed by atoms with Crippen LogP contribution in [-0.4, -0.2) is 80.3 Å². The van der Waals surface area contributed by atoms with E-state index in [1.54, 1.807) is 0 Å². The van der Waals surface area contributed by atoms with Gasteiger partial charge in [0, 0.05) is 39.3 Å². The number of piperidine rings is 1. The molecule has 1 atom stereocenters. The molecule has 0 radical (unpaired) electrons. The van der Waals surface area contributed by atoms with Crippen LogP contribution in [0.3, 0.4) is 0 Å². The van der Waals surface area contributed by atoms with Crippen molar-refractivity contribution in [3.63, 3.8) is 0 Å². The number of nitrogens with zero attached hydrogens (tertiary/aromatic N) is 3. The summed E-state index contributed by atoms with van der Waals surface area (Å²) in [4.78, 5) is 14.8. The minimum atomic E-state index is -3.47. The number of ether oxygens (including phenoxy) is 1. The highest BCUT2D eigenvalue weighted by Crippen LogP contribution is 2.41. The molecule has 23 heavy (non-hydrogen) atoms. The summed E-state index contributed by atoms with van der Waals surface area (Å²) < 4.78 is 33.9. The van der Waals surface area contributed by atoms with Crippen molar-refractivity contribution in [3.05, 3.63) is 0 Å². The zero-order valence-corrected chi connectivity index (χ0v) is 14.7. The number of carbonyl (C=O) groups excluding carboxylic acids is 1. The van der Waals surface area contributed by atoms with Crippen molar-refractivity contribution >= 4 is 16.1 Å². The van der Waals surface area contributed by atoms with Gasteiger partial charge in [-0.1, -0.05) is 6.92 Å². The molecule has 3 saturated heterocycles. The van der Waals surface area contributed by atoms with Crippen LogP contribution in [0.4, 0.5) is 0 Å². The van der Waals surface area contributed by atoms with E-state index in [9.17, 15) is 13.2 Å². The molecule has 1 spiro atoms. The molecule has 3 aliphatic rings. The molecule has 8 heteroatoms. The molecule has 132 valence electrons. The van der Waals surface area contributed by atoms with E-state index in [2.05, 4.69) is 6.92 Å². The van der Waals surface area contributed by atoms with E-state index in [1.807, 2.05) is 4.90 Å². The molecule has 3 heterocycles. The minimum absolute atomic E-state index is 0.158. The second-order valence-corrected chi connectivity index (χ2v) is 8.71. The Morgan fingerprint density at radius 2 is 1.83 bits per heavy atom. The summed E-state index contributed by atoms with van der Waals surface area (Å²) in [5.74, 6) is 0.158. The van der Waals surface area contributed by atoms with Crippen molar-refractivity contribution in [2.24, 2.45) is 5.41 Å². The van der Waals surface area contributed by atoms with E-state index in [1.165, 1.54) is 8.61 Å². The molecule has 0 aromatic carbocycles. The van der Waals surface area contributed by atoms with Gasteiger partial charge in [0.05, 0.1) is 18.6 Å². The summed E-state index contributed by atoms with van der Waals surface area (Å²) in [7, 11) is -3.47. The van der Waals surface area contributed by atoms with Gasteiger partial charge in [-0.15, -0.1) is 0 Å². The fraction of sp³-hybridized carbons (Fsp3) is 0.933. The molecule has 7 nitrogen and oxygen atoms in total. The van der Waals surface area contributed by atoms with Crippen LogP contribution >= 0.6 is 0 Å². The van der Waals surface area contributed by atoms with Gasteiger partial charge < -0.3 is 9.64 Å². The highest BCUT2D eigenvalue weighted by molar-refractivity contribution is 7.86. The third-order valence-corrected chi connectivity index (χ3v) is 7.24. The van der Waals surface area contributed by atoms with E-state index in [0.717, 1.165) is 32.4 Å². The fourth-order valence-electron chi connectivity index (χ4n) is 3.99. The van der Waals surface area contributed by atoms with Crippen LogP contribution in [0.25, 0.3) is 0 Å². The molecule has 0 aromatic heterocycles. The zero-order valence-electron chi connectivity index (χ0n) is 13.9. The largest absolute Gasteiger partial charge is 0.379 e. The first-order chi connectivity index (χ1) is 11.0. The van der Waals surface area contributed by atoms with Crippen LogP contribution in [0.1, 0.15) is 32.6 Å². The topological polar surface area (TPSA) is 70.2 Å². The smallest absolute Gasteiger partial charge is 0.282 e. The van der Waals surface area contributed by atoms with Crippen molar-refractivity contribution in [2.75, 3.05) is 52.5 Å². The summed E-state index contributed by atoms with van der Waals surface area (Å²) in [6.45, 7) is 6.14. The van der Waals surface area contributed by atoms with Crippen LogP contribution < -0.4 is 0 Å². The van der Waals surface area contributed by atoms with Crippen molar-refractivity contribution in [1.82, 2.24) is 13.5 Å². The van der Waals surface area contributed by atoms with E-state index in [0.29, 0.717) is 45.8 Å². The Labute approximate surface area is 138 Å². The van der Waals surface area contributed by atoms with E-state index < -0.39 is 15.6 Å². The zero-order chi connectivity index (χ0) is 16.5. The highest BCUT2D eigenvalue weighted by atomic mass is 32.2. The summed E-state index contributed by atoms with van der Waals surface area (Å²) in [5.41, 5.74) is -0.493. The van der Waals surface area contributed by atoms with Gasteiger partial charge in [-0.05, 0) is 25.7 Å². The second kappa shape index (κ2) is 6.66. The van der Waals surface area contributed by atoms with Crippen molar-refractivity contribution in [3.8, 4) is 0 Å². The monoisotopic (exact) mass is 345 g/mol. The van der Waals surface area contributed by atoms with Gasteiger partial charge in [-0.3, -0.25) is 4.79 Å². The molecule has 3 aliphatic heterocycles. The molecular weight excluding hydrogens is 318 g/mol. The fourth-order valence-corrected chi connectivity index (χ4v) is 5.66. The van der Waals surface area contributed by atoms with Gasteiger partial charge in [-0.2, -0.15) is 17.0 Å². The molecular formula is C15H27N3O4S. The predicted octanol–water partition coefficient (Wildman–Crippen LogP) is 0.288. The molecule has 1 amide bonds. The second-order valence-electron chi connectivity index (χ2n) is 6.78. The predicted molar refractivity (Wildman–Crippen MR) is 86.0 cm³/mol. The van der Waals surface area contributed by atoms with Crippen LogP contribution in [0.2, 0.25) is 0 Å². The van der Waals surface area contributed by atoms with Crippen LogP contribution in [0.15, 0.2) is 0 Å². The number of hydrogen-bond donors (Lipinski definition) is 0. The number of hydrogen-bond acceptors (Lipinski definition) is 4. The lowest BCUT2D eigenvalue weighted by molar-refractivity contribution is -0.145. The Bertz CT molecular complexity index is 545. The first kappa shape index (κ1) is 17.1.